The lowest BCUT2D eigenvalue weighted by Gasteiger charge is -2.26. The molecule has 0 radical (unpaired) electrons. The molecular formula is C22H25N3O. The monoisotopic (exact) mass is 347 g/mol. The first-order valence-corrected chi connectivity index (χ1v) is 9.26. The van der Waals surface area contributed by atoms with Gasteiger partial charge in [0, 0.05) is 23.1 Å². The van der Waals surface area contributed by atoms with Gasteiger partial charge in [-0.05, 0) is 76.6 Å². The zero-order chi connectivity index (χ0) is 18.9. The first-order chi connectivity index (χ1) is 12.4. The van der Waals surface area contributed by atoms with Crippen LogP contribution in [0.2, 0.25) is 0 Å². The number of aromatic nitrogens is 2. The summed E-state index contributed by atoms with van der Waals surface area (Å²) < 4.78 is 0. The minimum absolute atomic E-state index is 0.0203. The van der Waals surface area contributed by atoms with Gasteiger partial charge >= 0.3 is 0 Å². The number of nitriles is 1. The van der Waals surface area contributed by atoms with Gasteiger partial charge in [-0.1, -0.05) is 6.42 Å². The van der Waals surface area contributed by atoms with Gasteiger partial charge in [0.15, 0.2) is 0 Å². The average Bonchev–Trinajstić information content (AvgIpc) is 2.85. The third-order valence-corrected chi connectivity index (χ3v) is 5.49. The second-order valence-corrected chi connectivity index (χ2v) is 7.68. The number of carbonyl (C=O) groups excluding carboxylic acids is 1. The summed E-state index contributed by atoms with van der Waals surface area (Å²) in [6.07, 6.45) is 6.98. The lowest BCUT2D eigenvalue weighted by molar-refractivity contribution is -0.121. The summed E-state index contributed by atoms with van der Waals surface area (Å²) in [7, 11) is 0. The average molecular weight is 347 g/mol. The minimum Gasteiger partial charge on any atom is -0.299 e. The summed E-state index contributed by atoms with van der Waals surface area (Å²) >= 11 is 0. The van der Waals surface area contributed by atoms with E-state index in [4.69, 9.17) is 4.98 Å². The number of Topliss-reactive ketones (excluding diaryl/α,β-unsaturated/α-hetero) is 1. The van der Waals surface area contributed by atoms with Gasteiger partial charge in [0.1, 0.15) is 11.9 Å². The first-order valence-electron chi connectivity index (χ1n) is 9.26. The Balaban J connectivity index is 2.40. The predicted molar refractivity (Wildman–Crippen MR) is 102 cm³/mol. The topological polar surface area (TPSA) is 66.6 Å². The number of carbonyl (C=O) groups is 1. The van der Waals surface area contributed by atoms with Crippen LogP contribution in [0.15, 0.2) is 18.3 Å². The smallest absolute Gasteiger partial charge is 0.141 e. The van der Waals surface area contributed by atoms with Gasteiger partial charge in [0.25, 0.3) is 0 Å². The van der Waals surface area contributed by atoms with Crippen LogP contribution < -0.4 is 0 Å². The molecule has 1 aliphatic rings. The Kier molecular flexibility index (Phi) is 4.91. The highest BCUT2D eigenvalue weighted by Gasteiger charge is 2.34. The Hall–Kier alpha value is -2.54. The maximum absolute atomic E-state index is 12.3. The number of rotatable bonds is 3. The molecule has 4 nitrogen and oxygen atoms in total. The number of pyridine rings is 2. The molecule has 0 unspecified atom stereocenters. The van der Waals surface area contributed by atoms with Crippen LogP contribution in [0.5, 0.6) is 0 Å². The van der Waals surface area contributed by atoms with Crippen LogP contribution in [-0.2, 0) is 23.1 Å². The molecule has 0 fully saturated rings. The fourth-order valence-electron chi connectivity index (χ4n) is 3.67. The van der Waals surface area contributed by atoms with E-state index in [-0.39, 0.29) is 5.78 Å². The number of fused-ring (bicyclic) bond motifs is 1. The van der Waals surface area contributed by atoms with Gasteiger partial charge in [-0.25, -0.2) is 0 Å². The largest absolute Gasteiger partial charge is 0.299 e. The molecule has 0 N–H and O–H groups in total. The molecule has 0 amide bonds. The van der Waals surface area contributed by atoms with Crippen molar-refractivity contribution in [3.05, 3.63) is 46.5 Å². The highest BCUT2D eigenvalue weighted by molar-refractivity contribution is 5.89. The molecule has 0 saturated carbocycles. The maximum Gasteiger partial charge on any atom is 0.141 e. The number of aryl methyl sites for hydroxylation is 2. The van der Waals surface area contributed by atoms with Crippen LogP contribution in [0.3, 0.4) is 0 Å². The number of hydrogen-bond donors (Lipinski definition) is 0. The zero-order valence-corrected chi connectivity index (χ0v) is 16.0. The first kappa shape index (κ1) is 18.3. The molecule has 0 atom stereocenters. The van der Waals surface area contributed by atoms with Crippen LogP contribution in [-0.4, -0.2) is 15.8 Å². The standard InChI is InChI=1S/C22H25N3O/c1-14-12-16(10-11-24-14)20-17-8-6-5-7-9-19(17)25-21(18(20)13-23)22(3,4)15(2)26/h10-12H,5-9H2,1-4H3. The van der Waals surface area contributed by atoms with Crippen LogP contribution in [0, 0.1) is 18.3 Å². The molecule has 0 spiro atoms. The highest BCUT2D eigenvalue weighted by atomic mass is 16.1. The Morgan fingerprint density at radius 1 is 1.23 bits per heavy atom. The lowest BCUT2D eigenvalue weighted by atomic mass is 9.79. The second-order valence-electron chi connectivity index (χ2n) is 7.68. The number of hydrogen-bond acceptors (Lipinski definition) is 4. The summed E-state index contributed by atoms with van der Waals surface area (Å²) in [5.41, 5.74) is 5.45. The molecule has 0 saturated heterocycles. The molecule has 3 rings (SSSR count). The quantitative estimate of drug-likeness (QED) is 0.769. The third kappa shape index (κ3) is 3.14. The zero-order valence-electron chi connectivity index (χ0n) is 16.0. The van der Waals surface area contributed by atoms with Crippen LogP contribution in [0.1, 0.15) is 68.2 Å². The fourth-order valence-corrected chi connectivity index (χ4v) is 3.67. The van der Waals surface area contributed by atoms with Gasteiger partial charge in [0.2, 0.25) is 0 Å². The molecule has 0 aromatic carbocycles. The molecule has 1 aliphatic carbocycles. The van der Waals surface area contributed by atoms with Crippen LogP contribution >= 0.6 is 0 Å². The molecule has 134 valence electrons. The molecule has 0 aliphatic heterocycles. The minimum atomic E-state index is -0.788. The van der Waals surface area contributed by atoms with Gasteiger partial charge < -0.3 is 0 Å². The third-order valence-electron chi connectivity index (χ3n) is 5.49. The normalized spacial score (nSPS) is 14.3. The van der Waals surface area contributed by atoms with E-state index in [1.807, 2.05) is 32.9 Å². The van der Waals surface area contributed by atoms with Gasteiger partial charge in [-0.3, -0.25) is 14.8 Å². The van der Waals surface area contributed by atoms with Crippen LogP contribution in [0.25, 0.3) is 11.1 Å². The van der Waals surface area contributed by atoms with Crippen LogP contribution in [0.4, 0.5) is 0 Å². The van der Waals surface area contributed by atoms with Crippen molar-refractivity contribution in [3.63, 3.8) is 0 Å². The summed E-state index contributed by atoms with van der Waals surface area (Å²) in [6, 6.07) is 6.36. The van der Waals surface area contributed by atoms with Gasteiger partial charge in [-0.2, -0.15) is 5.26 Å². The van der Waals surface area contributed by atoms with Crippen molar-refractivity contribution >= 4 is 5.78 Å². The van der Waals surface area contributed by atoms with E-state index >= 15 is 0 Å². The van der Waals surface area contributed by atoms with E-state index in [2.05, 4.69) is 11.1 Å². The van der Waals surface area contributed by atoms with E-state index in [1.54, 1.807) is 13.1 Å². The highest BCUT2D eigenvalue weighted by Crippen LogP contribution is 2.38. The molecule has 0 bridgehead atoms. The van der Waals surface area contributed by atoms with E-state index in [1.165, 1.54) is 12.0 Å². The van der Waals surface area contributed by atoms with Crippen molar-refractivity contribution < 1.29 is 4.79 Å². The molecule has 26 heavy (non-hydrogen) atoms. The lowest BCUT2D eigenvalue weighted by Crippen LogP contribution is -2.30. The van der Waals surface area contributed by atoms with Crippen molar-refractivity contribution in [2.75, 3.05) is 0 Å². The van der Waals surface area contributed by atoms with Crippen molar-refractivity contribution in [2.45, 2.75) is 65.2 Å². The molecule has 2 heterocycles. The van der Waals surface area contributed by atoms with E-state index in [0.29, 0.717) is 11.3 Å². The molecule has 2 aromatic heterocycles. The SMILES string of the molecule is CC(=O)C(C)(C)c1nc2c(c(-c3ccnc(C)c3)c1C#N)CCCCC2. The van der Waals surface area contributed by atoms with Crippen molar-refractivity contribution in [2.24, 2.45) is 0 Å². The van der Waals surface area contributed by atoms with E-state index < -0.39 is 5.41 Å². The Bertz CT molecular complexity index is 906. The Morgan fingerprint density at radius 2 is 1.96 bits per heavy atom. The van der Waals surface area contributed by atoms with Gasteiger partial charge in [0.05, 0.1) is 16.7 Å². The summed E-state index contributed by atoms with van der Waals surface area (Å²) in [5, 5.41) is 10.0. The summed E-state index contributed by atoms with van der Waals surface area (Å²) in [4.78, 5) is 21.5. The van der Waals surface area contributed by atoms with E-state index in [9.17, 15) is 10.1 Å². The predicted octanol–water partition coefficient (Wildman–Crippen LogP) is 4.46. The molecule has 2 aromatic rings. The Morgan fingerprint density at radius 3 is 2.62 bits per heavy atom. The number of ketones is 1. The van der Waals surface area contributed by atoms with Crippen molar-refractivity contribution in [1.82, 2.24) is 9.97 Å². The molecule has 4 heteroatoms. The maximum atomic E-state index is 12.3. The van der Waals surface area contributed by atoms with Gasteiger partial charge in [-0.15, -0.1) is 0 Å². The second kappa shape index (κ2) is 6.99. The Labute approximate surface area is 155 Å². The summed E-state index contributed by atoms with van der Waals surface area (Å²) in [6.45, 7) is 7.26. The summed E-state index contributed by atoms with van der Waals surface area (Å²) in [5.74, 6) is 0.0203. The van der Waals surface area contributed by atoms with Crippen molar-refractivity contribution in [1.29, 1.82) is 5.26 Å². The fraction of sp³-hybridized carbons (Fsp3) is 0.455. The number of nitrogens with zero attached hydrogens (tertiary/aromatic N) is 3. The van der Waals surface area contributed by atoms with Crippen molar-refractivity contribution in [3.8, 4) is 17.2 Å². The molecular weight excluding hydrogens is 322 g/mol. The van der Waals surface area contributed by atoms with E-state index in [0.717, 1.165) is 48.2 Å².